The largest absolute Gasteiger partial charge is 0.478 e. The first-order valence-electron chi connectivity index (χ1n) is 5.02. The highest BCUT2D eigenvalue weighted by atomic mass is 32.2. The summed E-state index contributed by atoms with van der Waals surface area (Å²) in [5, 5.41) is 15.2. The van der Waals surface area contributed by atoms with E-state index < -0.39 is 16.0 Å². The average Bonchev–Trinajstić information content (AvgIpc) is 2.85. The molecule has 0 aliphatic heterocycles. The number of nitrogens with zero attached hydrogens (tertiary/aromatic N) is 2. The maximum absolute atomic E-state index is 12.3. The minimum atomic E-state index is -3.81. The monoisotopic (exact) mass is 269 g/mol. The fourth-order valence-corrected chi connectivity index (χ4v) is 3.21. The Bertz CT molecular complexity index is 692. The third-order valence-corrected chi connectivity index (χ3v) is 4.41. The molecule has 0 aliphatic rings. The van der Waals surface area contributed by atoms with Crippen LogP contribution in [0.4, 0.5) is 0 Å². The Balaban J connectivity index is 2.58. The van der Waals surface area contributed by atoms with Crippen molar-refractivity contribution in [3.8, 4) is 0 Å². The summed E-state index contributed by atoms with van der Waals surface area (Å²) in [6.07, 6.45) is 2.26. The molecule has 0 atom stereocenters. The van der Waals surface area contributed by atoms with Gasteiger partial charge in [-0.3, -0.25) is 5.10 Å². The van der Waals surface area contributed by atoms with Crippen LogP contribution in [0.5, 0.6) is 0 Å². The van der Waals surface area contributed by atoms with E-state index in [1.165, 1.54) is 12.3 Å². The molecule has 0 unspecified atom stereocenters. The SMILES string of the molecule is Cc1n[nH]c(C)c1S(=O)(=O)n1ccc(C(=O)O)c1. The molecular formula is C10H11N3O4S. The van der Waals surface area contributed by atoms with Crippen molar-refractivity contribution in [2.24, 2.45) is 0 Å². The average molecular weight is 269 g/mol. The maximum Gasteiger partial charge on any atom is 0.337 e. The molecule has 0 saturated carbocycles. The number of hydrogen-bond donors (Lipinski definition) is 2. The lowest BCUT2D eigenvalue weighted by Gasteiger charge is -2.05. The Morgan fingerprint density at radius 1 is 1.44 bits per heavy atom. The summed E-state index contributed by atoms with van der Waals surface area (Å²) in [5.41, 5.74) is 0.675. The van der Waals surface area contributed by atoms with E-state index in [9.17, 15) is 13.2 Å². The van der Waals surface area contributed by atoms with Crippen LogP contribution in [0.3, 0.4) is 0 Å². The number of aromatic nitrogens is 3. The molecule has 2 rings (SSSR count). The van der Waals surface area contributed by atoms with Crippen LogP contribution in [0, 0.1) is 13.8 Å². The number of aromatic carboxylic acids is 1. The van der Waals surface area contributed by atoms with Gasteiger partial charge >= 0.3 is 5.97 Å². The highest BCUT2D eigenvalue weighted by Gasteiger charge is 2.24. The summed E-state index contributed by atoms with van der Waals surface area (Å²) in [6.45, 7) is 3.16. The van der Waals surface area contributed by atoms with Gasteiger partial charge in [0.2, 0.25) is 0 Å². The van der Waals surface area contributed by atoms with Gasteiger partial charge in [0.05, 0.1) is 17.0 Å². The molecule has 96 valence electrons. The number of aromatic amines is 1. The van der Waals surface area contributed by atoms with E-state index in [1.54, 1.807) is 13.8 Å². The molecule has 2 N–H and O–H groups in total. The van der Waals surface area contributed by atoms with E-state index in [0.717, 1.165) is 10.2 Å². The highest BCUT2D eigenvalue weighted by molar-refractivity contribution is 7.90. The van der Waals surface area contributed by atoms with Crippen molar-refractivity contribution in [1.82, 2.24) is 14.2 Å². The summed E-state index contributed by atoms with van der Waals surface area (Å²) in [7, 11) is -3.81. The lowest BCUT2D eigenvalue weighted by Crippen LogP contribution is -2.13. The normalized spacial score (nSPS) is 11.7. The molecule has 0 radical (unpaired) electrons. The lowest BCUT2D eigenvalue weighted by molar-refractivity contribution is 0.0697. The topological polar surface area (TPSA) is 105 Å². The van der Waals surface area contributed by atoms with Gasteiger partial charge in [-0.2, -0.15) is 5.10 Å². The van der Waals surface area contributed by atoms with Gasteiger partial charge in [-0.1, -0.05) is 0 Å². The molecular weight excluding hydrogens is 258 g/mol. The van der Waals surface area contributed by atoms with Crippen LogP contribution in [0.15, 0.2) is 23.4 Å². The molecule has 7 nitrogen and oxygen atoms in total. The molecule has 0 aliphatic carbocycles. The second-order valence-electron chi connectivity index (χ2n) is 3.80. The van der Waals surface area contributed by atoms with Crippen LogP contribution in [0.2, 0.25) is 0 Å². The number of hydrogen-bond acceptors (Lipinski definition) is 4. The van der Waals surface area contributed by atoms with Crippen molar-refractivity contribution >= 4 is 16.0 Å². The molecule has 0 aromatic carbocycles. The molecule has 2 aromatic rings. The third-order valence-electron chi connectivity index (χ3n) is 2.51. The number of carboxylic acids is 1. The van der Waals surface area contributed by atoms with E-state index in [2.05, 4.69) is 10.2 Å². The molecule has 0 saturated heterocycles. The quantitative estimate of drug-likeness (QED) is 0.856. The number of carbonyl (C=O) groups is 1. The fraction of sp³-hybridized carbons (Fsp3) is 0.200. The standard InChI is InChI=1S/C10H11N3O4S/c1-6-9(7(2)12-11-6)18(16,17)13-4-3-8(5-13)10(14)15/h3-5H,1-2H3,(H,11,12)(H,14,15). The lowest BCUT2D eigenvalue weighted by atomic mass is 10.4. The van der Waals surface area contributed by atoms with Gasteiger partial charge in [0, 0.05) is 12.4 Å². The van der Waals surface area contributed by atoms with Crippen molar-refractivity contribution in [3.63, 3.8) is 0 Å². The molecule has 18 heavy (non-hydrogen) atoms. The predicted octanol–water partition coefficient (Wildman–Crippen LogP) is 0.763. The van der Waals surface area contributed by atoms with Crippen LogP contribution in [0.1, 0.15) is 21.7 Å². The van der Waals surface area contributed by atoms with Gasteiger partial charge in [0.1, 0.15) is 4.90 Å². The van der Waals surface area contributed by atoms with Crippen molar-refractivity contribution in [3.05, 3.63) is 35.4 Å². The van der Waals surface area contributed by atoms with Crippen molar-refractivity contribution in [1.29, 1.82) is 0 Å². The Morgan fingerprint density at radius 2 is 2.11 bits per heavy atom. The molecule has 2 heterocycles. The van der Waals surface area contributed by atoms with Crippen LogP contribution in [-0.4, -0.2) is 33.7 Å². The minimum Gasteiger partial charge on any atom is -0.478 e. The van der Waals surface area contributed by atoms with E-state index in [4.69, 9.17) is 5.11 Å². The van der Waals surface area contributed by atoms with Gasteiger partial charge in [-0.15, -0.1) is 0 Å². The smallest absolute Gasteiger partial charge is 0.337 e. The predicted molar refractivity (Wildman–Crippen MR) is 62.0 cm³/mol. The zero-order valence-corrected chi connectivity index (χ0v) is 10.5. The van der Waals surface area contributed by atoms with Gasteiger partial charge in [0.15, 0.2) is 0 Å². The number of H-pyrrole nitrogens is 1. The van der Waals surface area contributed by atoms with E-state index in [0.29, 0.717) is 11.4 Å². The molecule has 0 fully saturated rings. The first kappa shape index (κ1) is 12.4. The molecule has 2 aromatic heterocycles. The van der Waals surface area contributed by atoms with Crippen LogP contribution in [0.25, 0.3) is 0 Å². The Hall–Kier alpha value is -2.09. The second-order valence-corrected chi connectivity index (χ2v) is 5.58. The first-order chi connectivity index (χ1) is 8.34. The van der Waals surface area contributed by atoms with Gasteiger partial charge < -0.3 is 5.11 Å². The van der Waals surface area contributed by atoms with Gasteiger partial charge in [0.25, 0.3) is 10.0 Å². The number of aryl methyl sites for hydroxylation is 2. The summed E-state index contributed by atoms with van der Waals surface area (Å²) in [5.74, 6) is -1.18. The number of rotatable bonds is 3. The maximum atomic E-state index is 12.3. The molecule has 0 spiro atoms. The summed E-state index contributed by atoms with van der Waals surface area (Å²) < 4.78 is 25.4. The van der Waals surface area contributed by atoms with Crippen LogP contribution in [-0.2, 0) is 10.0 Å². The Kier molecular flexibility index (Phi) is 2.74. The van der Waals surface area contributed by atoms with E-state index in [1.807, 2.05) is 0 Å². The van der Waals surface area contributed by atoms with E-state index >= 15 is 0 Å². The highest BCUT2D eigenvalue weighted by Crippen LogP contribution is 2.20. The van der Waals surface area contributed by atoms with Crippen molar-refractivity contribution < 1.29 is 18.3 Å². The fourth-order valence-electron chi connectivity index (χ4n) is 1.68. The van der Waals surface area contributed by atoms with E-state index in [-0.39, 0.29) is 10.5 Å². The van der Waals surface area contributed by atoms with Gasteiger partial charge in [-0.25, -0.2) is 17.2 Å². The Labute approximate surface area is 103 Å². The molecule has 8 heteroatoms. The minimum absolute atomic E-state index is 0.0649. The second kappa shape index (κ2) is 3.98. The summed E-state index contributed by atoms with van der Waals surface area (Å²) in [4.78, 5) is 10.8. The number of nitrogens with one attached hydrogen (secondary N) is 1. The summed E-state index contributed by atoms with van der Waals surface area (Å²) >= 11 is 0. The first-order valence-corrected chi connectivity index (χ1v) is 6.46. The van der Waals surface area contributed by atoms with Gasteiger partial charge in [-0.05, 0) is 19.9 Å². The van der Waals surface area contributed by atoms with Crippen LogP contribution < -0.4 is 0 Å². The zero-order valence-electron chi connectivity index (χ0n) is 9.71. The zero-order chi connectivity index (χ0) is 13.5. The molecule has 0 amide bonds. The van der Waals surface area contributed by atoms with Crippen molar-refractivity contribution in [2.75, 3.05) is 0 Å². The van der Waals surface area contributed by atoms with Crippen LogP contribution >= 0.6 is 0 Å². The third kappa shape index (κ3) is 1.80. The molecule has 0 bridgehead atoms. The number of carboxylic acid groups (broad SMARTS) is 1. The Morgan fingerprint density at radius 3 is 2.56 bits per heavy atom. The van der Waals surface area contributed by atoms with Crippen molar-refractivity contribution in [2.45, 2.75) is 18.7 Å². The summed E-state index contributed by atoms with van der Waals surface area (Å²) in [6, 6.07) is 1.23.